The Bertz CT molecular complexity index is 226. The van der Waals surface area contributed by atoms with E-state index in [0.29, 0.717) is 19.0 Å². The van der Waals surface area contributed by atoms with Crippen molar-refractivity contribution in [2.24, 2.45) is 0 Å². The van der Waals surface area contributed by atoms with Crippen LogP contribution in [0.25, 0.3) is 0 Å². The molecular weight excluding hydrogens is 184 g/mol. The predicted octanol–water partition coefficient (Wildman–Crippen LogP) is -0.282. The van der Waals surface area contributed by atoms with E-state index in [-0.39, 0.29) is 5.91 Å². The lowest BCUT2D eigenvalue weighted by Crippen LogP contribution is -2.39. The van der Waals surface area contributed by atoms with Gasteiger partial charge in [0.05, 0.1) is 0 Å². The van der Waals surface area contributed by atoms with E-state index in [0.717, 1.165) is 0 Å². The molecule has 0 aromatic rings. The standard InChI is InChI=1S/C9H16N2O3/c1-6(9(13)14)11-8(12)4-5-10-7-2-3-7/h6-7,10H,2-5H2,1H3,(H,11,12)(H,13,14)/t6-/m0/s1. The van der Waals surface area contributed by atoms with E-state index >= 15 is 0 Å². The molecule has 0 aromatic carbocycles. The Labute approximate surface area is 82.9 Å². The van der Waals surface area contributed by atoms with Crippen molar-refractivity contribution in [3.05, 3.63) is 0 Å². The Morgan fingerprint density at radius 2 is 2.14 bits per heavy atom. The maximum atomic E-state index is 11.1. The normalized spacial score (nSPS) is 17.5. The second-order valence-electron chi connectivity index (χ2n) is 3.61. The van der Waals surface area contributed by atoms with Crippen LogP contribution in [0.5, 0.6) is 0 Å². The Balaban J connectivity index is 2.05. The second kappa shape index (κ2) is 4.95. The lowest BCUT2D eigenvalue weighted by atomic mass is 10.3. The molecule has 0 heterocycles. The molecule has 0 radical (unpaired) electrons. The first-order valence-electron chi connectivity index (χ1n) is 4.85. The van der Waals surface area contributed by atoms with Crippen LogP contribution in [0, 0.1) is 0 Å². The van der Waals surface area contributed by atoms with Gasteiger partial charge in [0.25, 0.3) is 0 Å². The summed E-state index contributed by atoms with van der Waals surface area (Å²) in [5.41, 5.74) is 0. The first kappa shape index (κ1) is 11.0. The van der Waals surface area contributed by atoms with Crippen LogP contribution in [0.4, 0.5) is 0 Å². The molecular formula is C9H16N2O3. The van der Waals surface area contributed by atoms with E-state index < -0.39 is 12.0 Å². The van der Waals surface area contributed by atoms with Crippen molar-refractivity contribution in [3.63, 3.8) is 0 Å². The van der Waals surface area contributed by atoms with E-state index in [1.807, 2.05) is 0 Å². The van der Waals surface area contributed by atoms with E-state index in [1.54, 1.807) is 0 Å². The molecule has 1 aliphatic carbocycles. The van der Waals surface area contributed by atoms with Crippen molar-refractivity contribution in [2.45, 2.75) is 38.3 Å². The molecule has 0 bridgehead atoms. The van der Waals surface area contributed by atoms with Crippen molar-refractivity contribution in [1.82, 2.24) is 10.6 Å². The number of aliphatic carboxylic acids is 1. The number of nitrogens with one attached hydrogen (secondary N) is 2. The molecule has 1 atom stereocenters. The van der Waals surface area contributed by atoms with Gasteiger partial charge in [0.15, 0.2) is 0 Å². The summed E-state index contributed by atoms with van der Waals surface area (Å²) < 4.78 is 0. The minimum absolute atomic E-state index is 0.215. The summed E-state index contributed by atoms with van der Waals surface area (Å²) in [6, 6.07) is -0.219. The monoisotopic (exact) mass is 200 g/mol. The van der Waals surface area contributed by atoms with Gasteiger partial charge in [-0.1, -0.05) is 0 Å². The van der Waals surface area contributed by atoms with Gasteiger partial charge in [0, 0.05) is 19.0 Å². The van der Waals surface area contributed by atoms with Crippen LogP contribution in [-0.2, 0) is 9.59 Å². The number of carbonyl (C=O) groups excluding carboxylic acids is 1. The number of hydrogen-bond acceptors (Lipinski definition) is 3. The van der Waals surface area contributed by atoms with Gasteiger partial charge in [-0.25, -0.2) is 0 Å². The van der Waals surface area contributed by atoms with Crippen molar-refractivity contribution >= 4 is 11.9 Å². The van der Waals surface area contributed by atoms with Crippen molar-refractivity contribution in [2.75, 3.05) is 6.54 Å². The third-order valence-electron chi connectivity index (χ3n) is 2.11. The number of amides is 1. The zero-order chi connectivity index (χ0) is 10.6. The molecule has 5 nitrogen and oxygen atoms in total. The molecule has 1 saturated carbocycles. The lowest BCUT2D eigenvalue weighted by molar-refractivity contribution is -0.141. The predicted molar refractivity (Wildman–Crippen MR) is 50.9 cm³/mol. The van der Waals surface area contributed by atoms with Crippen LogP contribution in [0.2, 0.25) is 0 Å². The van der Waals surface area contributed by atoms with E-state index in [1.165, 1.54) is 19.8 Å². The van der Waals surface area contributed by atoms with Crippen LogP contribution in [-0.4, -0.2) is 35.6 Å². The van der Waals surface area contributed by atoms with Crippen LogP contribution >= 0.6 is 0 Å². The number of carbonyl (C=O) groups is 2. The molecule has 1 aliphatic rings. The fourth-order valence-electron chi connectivity index (χ4n) is 1.05. The average Bonchev–Trinajstić information content (AvgIpc) is 2.87. The fraction of sp³-hybridized carbons (Fsp3) is 0.778. The largest absolute Gasteiger partial charge is 0.480 e. The molecule has 1 rings (SSSR count). The highest BCUT2D eigenvalue weighted by Crippen LogP contribution is 2.18. The second-order valence-corrected chi connectivity index (χ2v) is 3.61. The van der Waals surface area contributed by atoms with Crippen molar-refractivity contribution in [3.8, 4) is 0 Å². The van der Waals surface area contributed by atoms with Crippen LogP contribution in [0.3, 0.4) is 0 Å². The smallest absolute Gasteiger partial charge is 0.325 e. The fourth-order valence-corrected chi connectivity index (χ4v) is 1.05. The van der Waals surface area contributed by atoms with Crippen LogP contribution < -0.4 is 10.6 Å². The SMILES string of the molecule is C[C@H](NC(=O)CCNC1CC1)C(=O)O. The Morgan fingerprint density at radius 1 is 1.50 bits per heavy atom. The molecule has 1 fully saturated rings. The van der Waals surface area contributed by atoms with Crippen LogP contribution in [0.15, 0.2) is 0 Å². The Kier molecular flexibility index (Phi) is 3.88. The zero-order valence-electron chi connectivity index (χ0n) is 8.25. The van der Waals surface area contributed by atoms with Gasteiger partial charge < -0.3 is 15.7 Å². The number of rotatable bonds is 6. The van der Waals surface area contributed by atoms with Gasteiger partial charge >= 0.3 is 5.97 Å². The summed E-state index contributed by atoms with van der Waals surface area (Å²) in [5, 5.41) is 14.1. The summed E-state index contributed by atoms with van der Waals surface area (Å²) in [6.45, 7) is 2.08. The highest BCUT2D eigenvalue weighted by molar-refractivity contribution is 5.83. The quantitative estimate of drug-likeness (QED) is 0.551. The maximum Gasteiger partial charge on any atom is 0.325 e. The summed E-state index contributed by atoms with van der Waals surface area (Å²) in [4.78, 5) is 21.5. The highest BCUT2D eigenvalue weighted by Gasteiger charge is 2.20. The molecule has 14 heavy (non-hydrogen) atoms. The maximum absolute atomic E-state index is 11.1. The zero-order valence-corrected chi connectivity index (χ0v) is 8.25. The van der Waals surface area contributed by atoms with Gasteiger partial charge in [0.1, 0.15) is 6.04 Å². The van der Waals surface area contributed by atoms with Crippen molar-refractivity contribution < 1.29 is 14.7 Å². The topological polar surface area (TPSA) is 78.4 Å². The molecule has 5 heteroatoms. The molecule has 0 saturated heterocycles. The van der Waals surface area contributed by atoms with E-state index in [4.69, 9.17) is 5.11 Å². The number of hydrogen-bond donors (Lipinski definition) is 3. The summed E-state index contributed by atoms with van der Waals surface area (Å²) in [7, 11) is 0. The minimum atomic E-state index is -1.01. The Morgan fingerprint density at radius 3 is 2.64 bits per heavy atom. The lowest BCUT2D eigenvalue weighted by Gasteiger charge is -2.09. The molecule has 1 amide bonds. The van der Waals surface area contributed by atoms with Crippen molar-refractivity contribution in [1.29, 1.82) is 0 Å². The first-order chi connectivity index (χ1) is 6.59. The van der Waals surface area contributed by atoms with Gasteiger partial charge in [0.2, 0.25) is 5.91 Å². The molecule has 0 unspecified atom stereocenters. The third-order valence-corrected chi connectivity index (χ3v) is 2.11. The Hall–Kier alpha value is -1.10. The van der Waals surface area contributed by atoms with Gasteiger partial charge in [-0.2, -0.15) is 0 Å². The first-order valence-corrected chi connectivity index (χ1v) is 4.85. The van der Waals surface area contributed by atoms with Gasteiger partial charge in [-0.15, -0.1) is 0 Å². The average molecular weight is 200 g/mol. The van der Waals surface area contributed by atoms with Gasteiger partial charge in [-0.3, -0.25) is 9.59 Å². The van der Waals surface area contributed by atoms with E-state index in [2.05, 4.69) is 10.6 Å². The number of carboxylic acids is 1. The summed E-state index contributed by atoms with van der Waals surface area (Å²) in [6.07, 6.45) is 2.72. The highest BCUT2D eigenvalue weighted by atomic mass is 16.4. The van der Waals surface area contributed by atoms with Gasteiger partial charge in [-0.05, 0) is 19.8 Å². The molecule has 0 aliphatic heterocycles. The summed E-state index contributed by atoms with van der Waals surface area (Å²) in [5.74, 6) is -1.22. The summed E-state index contributed by atoms with van der Waals surface area (Å²) >= 11 is 0. The van der Waals surface area contributed by atoms with E-state index in [9.17, 15) is 9.59 Å². The molecule has 0 spiro atoms. The molecule has 80 valence electrons. The molecule has 0 aromatic heterocycles. The minimum Gasteiger partial charge on any atom is -0.480 e. The third kappa shape index (κ3) is 4.23. The van der Waals surface area contributed by atoms with Crippen LogP contribution in [0.1, 0.15) is 26.2 Å². The number of carboxylic acid groups (broad SMARTS) is 1. The molecule has 3 N–H and O–H groups in total.